The molecule has 2 bridgehead atoms. The van der Waals surface area contributed by atoms with Crippen LogP contribution >= 0.6 is 0 Å². The molecule has 5 heteroatoms. The first kappa shape index (κ1) is 22.4. The van der Waals surface area contributed by atoms with Crippen LogP contribution in [0.15, 0.2) is 36.4 Å². The van der Waals surface area contributed by atoms with Crippen LogP contribution in [-0.2, 0) is 17.6 Å². The highest BCUT2D eigenvalue weighted by atomic mass is 19.1. The summed E-state index contributed by atoms with van der Waals surface area (Å²) in [7, 11) is 0. The Morgan fingerprint density at radius 1 is 1.18 bits per heavy atom. The molecule has 3 saturated heterocycles. The average Bonchev–Trinajstić information content (AvgIpc) is 3.03. The van der Waals surface area contributed by atoms with Gasteiger partial charge in [0.1, 0.15) is 11.9 Å². The Labute approximate surface area is 196 Å². The lowest BCUT2D eigenvalue weighted by molar-refractivity contribution is -0.0349. The molecular formula is C28H35FN2O2. The van der Waals surface area contributed by atoms with E-state index in [1.165, 1.54) is 5.56 Å². The molecule has 2 aromatic carbocycles. The summed E-state index contributed by atoms with van der Waals surface area (Å²) < 4.78 is 21.1. The number of fused-ring (bicyclic) bond motifs is 4. The van der Waals surface area contributed by atoms with Crippen LogP contribution in [0.5, 0.6) is 0 Å². The maximum atomic E-state index is 15.3. The maximum absolute atomic E-state index is 15.3. The van der Waals surface area contributed by atoms with Gasteiger partial charge in [0.05, 0.1) is 6.04 Å². The van der Waals surface area contributed by atoms with E-state index < -0.39 is 0 Å². The van der Waals surface area contributed by atoms with Crippen LogP contribution in [0.1, 0.15) is 62.8 Å². The molecular weight excluding hydrogens is 415 g/mol. The Kier molecular flexibility index (Phi) is 5.94. The molecule has 0 aromatic heterocycles. The van der Waals surface area contributed by atoms with Gasteiger partial charge in [0.15, 0.2) is 0 Å². The van der Waals surface area contributed by atoms with Crippen molar-refractivity contribution in [2.24, 2.45) is 11.3 Å². The van der Waals surface area contributed by atoms with Crippen molar-refractivity contribution < 1.29 is 13.9 Å². The van der Waals surface area contributed by atoms with Gasteiger partial charge in [0.25, 0.3) is 0 Å². The number of carbonyl (C=O) groups is 1. The second-order valence-electron chi connectivity index (χ2n) is 10.8. The summed E-state index contributed by atoms with van der Waals surface area (Å²) >= 11 is 0. The number of rotatable bonds is 5. The highest BCUT2D eigenvalue weighted by Gasteiger charge is 2.42. The van der Waals surface area contributed by atoms with Crippen LogP contribution in [0.25, 0.3) is 11.1 Å². The molecule has 6 rings (SSSR count). The van der Waals surface area contributed by atoms with Gasteiger partial charge < -0.3 is 10.1 Å². The largest absolute Gasteiger partial charge is 0.445 e. The molecule has 0 spiro atoms. The third-order valence-electron chi connectivity index (χ3n) is 7.89. The third-order valence-corrected chi connectivity index (χ3v) is 7.89. The van der Waals surface area contributed by atoms with Crippen LogP contribution in [-0.4, -0.2) is 36.7 Å². The van der Waals surface area contributed by atoms with E-state index in [9.17, 15) is 4.79 Å². The number of benzene rings is 2. The van der Waals surface area contributed by atoms with Gasteiger partial charge in [-0.3, -0.25) is 4.90 Å². The van der Waals surface area contributed by atoms with E-state index in [2.05, 4.69) is 43.1 Å². The fourth-order valence-corrected chi connectivity index (χ4v) is 6.04. The number of alkyl carbamates (subject to hydrolysis) is 1. The van der Waals surface area contributed by atoms with E-state index in [1.807, 2.05) is 18.2 Å². The number of halogens is 1. The normalized spacial score (nSPS) is 27.3. The van der Waals surface area contributed by atoms with Crippen molar-refractivity contribution in [2.75, 3.05) is 19.6 Å². The minimum atomic E-state index is -0.379. The number of hydrogen-bond acceptors (Lipinski definition) is 3. The van der Waals surface area contributed by atoms with Gasteiger partial charge in [-0.25, -0.2) is 9.18 Å². The molecule has 33 heavy (non-hydrogen) atoms. The van der Waals surface area contributed by atoms with Crippen LogP contribution < -0.4 is 5.32 Å². The van der Waals surface area contributed by atoms with Crippen molar-refractivity contribution in [1.82, 2.24) is 10.2 Å². The lowest BCUT2D eigenvalue weighted by Crippen LogP contribution is -2.53. The number of piperidine rings is 3. The molecule has 176 valence electrons. The summed E-state index contributed by atoms with van der Waals surface area (Å²) in [5, 5.41) is 3.09. The molecule has 1 N–H and O–H groups in total. The number of carbonyl (C=O) groups excluding carboxylic acids is 1. The van der Waals surface area contributed by atoms with Gasteiger partial charge >= 0.3 is 6.09 Å². The monoisotopic (exact) mass is 450 g/mol. The molecule has 0 unspecified atom stereocenters. The van der Waals surface area contributed by atoms with E-state index in [1.54, 1.807) is 6.07 Å². The molecule has 4 aliphatic rings. The SMILES string of the molecule is CCCc1ccc(-c2cc3c(cc2F)[C@H](NC(=O)O[C@@H]2CN4CCC2CC4)C(C)(C)C3)cc1. The van der Waals surface area contributed by atoms with E-state index >= 15 is 4.39 Å². The lowest BCUT2D eigenvalue weighted by atomic mass is 9.85. The minimum absolute atomic E-state index is 0.0359. The average molecular weight is 451 g/mol. The van der Waals surface area contributed by atoms with Gasteiger partial charge in [0.2, 0.25) is 0 Å². The first-order chi connectivity index (χ1) is 15.8. The summed E-state index contributed by atoms with van der Waals surface area (Å²) in [5.74, 6) is 0.223. The molecule has 3 aliphatic heterocycles. The molecule has 2 atom stereocenters. The number of nitrogens with one attached hydrogen (secondary N) is 1. The van der Waals surface area contributed by atoms with E-state index in [0.717, 1.165) is 68.4 Å². The fraction of sp³-hybridized carbons (Fsp3) is 0.536. The highest BCUT2D eigenvalue weighted by molar-refractivity contribution is 5.70. The number of nitrogens with zero attached hydrogens (tertiary/aromatic N) is 1. The zero-order valence-electron chi connectivity index (χ0n) is 20.0. The first-order valence-corrected chi connectivity index (χ1v) is 12.4. The van der Waals surface area contributed by atoms with Gasteiger partial charge in [0, 0.05) is 12.1 Å². The number of ether oxygens (including phenoxy) is 1. The van der Waals surface area contributed by atoms with Gasteiger partial charge in [-0.05, 0) is 84.5 Å². The second-order valence-corrected chi connectivity index (χ2v) is 10.8. The zero-order valence-corrected chi connectivity index (χ0v) is 20.0. The van der Waals surface area contributed by atoms with Crippen molar-refractivity contribution in [3.8, 4) is 11.1 Å². The van der Waals surface area contributed by atoms with Crippen molar-refractivity contribution in [1.29, 1.82) is 0 Å². The van der Waals surface area contributed by atoms with Gasteiger partial charge in [-0.1, -0.05) is 51.5 Å². The summed E-state index contributed by atoms with van der Waals surface area (Å²) in [6, 6.07) is 11.5. The molecule has 1 aliphatic carbocycles. The Morgan fingerprint density at radius 3 is 2.55 bits per heavy atom. The number of aryl methyl sites for hydroxylation is 1. The van der Waals surface area contributed by atoms with Crippen molar-refractivity contribution in [3.63, 3.8) is 0 Å². The predicted molar refractivity (Wildman–Crippen MR) is 129 cm³/mol. The molecule has 3 heterocycles. The number of hydrogen-bond donors (Lipinski definition) is 1. The molecule has 0 radical (unpaired) electrons. The van der Waals surface area contributed by atoms with Crippen LogP contribution in [0.3, 0.4) is 0 Å². The predicted octanol–water partition coefficient (Wildman–Crippen LogP) is 5.89. The molecule has 2 aromatic rings. The standard InChI is InChI=1S/C28H35FN2O2/c1-4-5-18-6-8-19(9-7-18)22-14-21-16-28(2,3)26(23(21)15-24(22)29)30-27(32)33-25-17-31-12-10-20(25)11-13-31/h6-9,14-15,20,25-26H,4-5,10-13,16-17H2,1-3H3,(H,30,32)/t25-,26+/m1/s1. The van der Waals surface area contributed by atoms with E-state index in [4.69, 9.17) is 4.74 Å². The fourth-order valence-electron chi connectivity index (χ4n) is 6.04. The summed E-state index contributed by atoms with van der Waals surface area (Å²) in [6.45, 7) is 9.47. The first-order valence-electron chi connectivity index (χ1n) is 12.4. The van der Waals surface area contributed by atoms with Crippen molar-refractivity contribution in [2.45, 2.75) is 65.0 Å². The van der Waals surface area contributed by atoms with Gasteiger partial charge in [-0.2, -0.15) is 0 Å². The highest BCUT2D eigenvalue weighted by Crippen LogP contribution is 2.47. The minimum Gasteiger partial charge on any atom is -0.445 e. The summed E-state index contributed by atoms with van der Waals surface area (Å²) in [6.07, 6.45) is 4.70. The molecule has 4 nitrogen and oxygen atoms in total. The quantitative estimate of drug-likeness (QED) is 0.618. The Morgan fingerprint density at radius 2 is 1.91 bits per heavy atom. The van der Waals surface area contributed by atoms with E-state index in [0.29, 0.717) is 11.5 Å². The second kappa shape index (κ2) is 8.75. The van der Waals surface area contributed by atoms with E-state index in [-0.39, 0.29) is 29.5 Å². The van der Waals surface area contributed by atoms with Gasteiger partial charge in [-0.15, -0.1) is 0 Å². The lowest BCUT2D eigenvalue weighted by Gasteiger charge is -2.44. The van der Waals surface area contributed by atoms with Crippen LogP contribution in [0.4, 0.5) is 9.18 Å². The van der Waals surface area contributed by atoms with Crippen LogP contribution in [0.2, 0.25) is 0 Å². The molecule has 0 saturated carbocycles. The molecule has 3 fully saturated rings. The smallest absolute Gasteiger partial charge is 0.407 e. The molecule has 1 amide bonds. The van der Waals surface area contributed by atoms with Crippen molar-refractivity contribution >= 4 is 6.09 Å². The van der Waals surface area contributed by atoms with Crippen molar-refractivity contribution in [3.05, 3.63) is 58.9 Å². The topological polar surface area (TPSA) is 41.6 Å². The Hall–Kier alpha value is -2.40. The Bertz CT molecular complexity index is 1020. The number of amides is 1. The van der Waals surface area contributed by atoms with Crippen LogP contribution in [0, 0.1) is 17.2 Å². The zero-order chi connectivity index (χ0) is 23.2. The maximum Gasteiger partial charge on any atom is 0.407 e. The Balaban J connectivity index is 1.34. The summed E-state index contributed by atoms with van der Waals surface area (Å²) in [4.78, 5) is 15.2. The summed E-state index contributed by atoms with van der Waals surface area (Å²) in [5.41, 5.74) is 4.55. The third kappa shape index (κ3) is 4.40.